The van der Waals surface area contributed by atoms with E-state index in [0.29, 0.717) is 13.1 Å². The molecule has 1 fully saturated rings. The van der Waals surface area contributed by atoms with E-state index in [9.17, 15) is 9.59 Å². The molecule has 1 aliphatic heterocycles. The lowest BCUT2D eigenvalue weighted by Crippen LogP contribution is -2.32. The Morgan fingerprint density at radius 2 is 2.15 bits per heavy atom. The quantitative estimate of drug-likeness (QED) is 0.716. The lowest BCUT2D eigenvalue weighted by atomic mass is 10.1. The van der Waals surface area contributed by atoms with Crippen LogP contribution in [-0.2, 0) is 16.1 Å². The summed E-state index contributed by atoms with van der Waals surface area (Å²) in [5.41, 5.74) is 2.72. The number of aromatic nitrogens is 2. The number of benzene rings is 1. The van der Waals surface area contributed by atoms with Gasteiger partial charge in [-0.2, -0.15) is 5.10 Å². The Morgan fingerprint density at radius 1 is 1.27 bits per heavy atom. The Hall–Kier alpha value is -2.67. The van der Waals surface area contributed by atoms with Crippen LogP contribution in [0.2, 0.25) is 0 Å². The standard InChI is InChI=1S/C19H17BrN4O2/c20-15-4-3-5-16(9-15)23-12-13(8-18(23)25)19(26)21-10-14-11-22-24-7-2-1-6-17(14)24/h1-7,9,11,13H,8,10,12H2,(H,21,26). The average molecular weight is 413 g/mol. The van der Waals surface area contributed by atoms with Gasteiger partial charge < -0.3 is 10.2 Å². The van der Waals surface area contributed by atoms with E-state index in [-0.39, 0.29) is 24.2 Å². The van der Waals surface area contributed by atoms with Crippen molar-refractivity contribution in [1.82, 2.24) is 14.9 Å². The summed E-state index contributed by atoms with van der Waals surface area (Å²) in [6.07, 6.45) is 3.85. The first-order valence-corrected chi connectivity index (χ1v) is 9.16. The summed E-state index contributed by atoms with van der Waals surface area (Å²) in [5, 5.41) is 7.21. The van der Waals surface area contributed by atoms with Gasteiger partial charge in [0.2, 0.25) is 11.8 Å². The number of rotatable bonds is 4. The lowest BCUT2D eigenvalue weighted by Gasteiger charge is -2.17. The summed E-state index contributed by atoms with van der Waals surface area (Å²) in [6.45, 7) is 0.795. The van der Waals surface area contributed by atoms with Crippen LogP contribution in [0.25, 0.3) is 5.52 Å². The SMILES string of the molecule is O=C(NCc1cnn2ccccc12)C1CC(=O)N(c2cccc(Br)c2)C1. The molecule has 2 aromatic heterocycles. The van der Waals surface area contributed by atoms with Crippen LogP contribution in [0.4, 0.5) is 5.69 Å². The number of hydrogen-bond acceptors (Lipinski definition) is 3. The molecule has 6 nitrogen and oxygen atoms in total. The van der Waals surface area contributed by atoms with Crippen LogP contribution in [0, 0.1) is 5.92 Å². The van der Waals surface area contributed by atoms with Crippen molar-refractivity contribution in [3.63, 3.8) is 0 Å². The lowest BCUT2D eigenvalue weighted by molar-refractivity contribution is -0.126. The van der Waals surface area contributed by atoms with Gasteiger partial charge in [0.1, 0.15) is 0 Å². The van der Waals surface area contributed by atoms with Gasteiger partial charge in [-0.05, 0) is 30.3 Å². The molecule has 3 heterocycles. The van der Waals surface area contributed by atoms with Gasteiger partial charge in [0, 0.05) is 41.4 Å². The minimum atomic E-state index is -0.344. The number of carbonyl (C=O) groups is 2. The number of nitrogens with one attached hydrogen (secondary N) is 1. The topological polar surface area (TPSA) is 66.7 Å². The summed E-state index contributed by atoms with van der Waals surface area (Å²) in [4.78, 5) is 26.5. The van der Waals surface area contributed by atoms with Gasteiger partial charge >= 0.3 is 0 Å². The largest absolute Gasteiger partial charge is 0.352 e. The molecule has 0 saturated carbocycles. The number of hydrogen-bond donors (Lipinski definition) is 1. The first kappa shape index (κ1) is 16.8. The fourth-order valence-electron chi connectivity index (χ4n) is 3.23. The molecule has 1 atom stereocenters. The highest BCUT2D eigenvalue weighted by Crippen LogP contribution is 2.27. The van der Waals surface area contributed by atoms with Crippen LogP contribution in [0.1, 0.15) is 12.0 Å². The Bertz CT molecular complexity index is 984. The van der Waals surface area contributed by atoms with Gasteiger partial charge in [-0.15, -0.1) is 0 Å². The Kier molecular flexibility index (Phi) is 4.46. The van der Waals surface area contributed by atoms with E-state index < -0.39 is 0 Å². The fraction of sp³-hybridized carbons (Fsp3) is 0.211. The highest BCUT2D eigenvalue weighted by Gasteiger charge is 2.35. The van der Waals surface area contributed by atoms with Crippen molar-refractivity contribution in [3.05, 3.63) is 64.9 Å². The maximum atomic E-state index is 12.5. The van der Waals surface area contributed by atoms with Crippen molar-refractivity contribution in [2.75, 3.05) is 11.4 Å². The van der Waals surface area contributed by atoms with Gasteiger partial charge in [0.05, 0.1) is 17.6 Å². The molecular weight excluding hydrogens is 396 g/mol. The summed E-state index contributed by atoms with van der Waals surface area (Å²) in [7, 11) is 0. The van der Waals surface area contributed by atoms with Gasteiger partial charge in [0.25, 0.3) is 0 Å². The van der Waals surface area contributed by atoms with Crippen molar-refractivity contribution >= 4 is 38.9 Å². The van der Waals surface area contributed by atoms with Gasteiger partial charge in [-0.1, -0.05) is 28.1 Å². The highest BCUT2D eigenvalue weighted by molar-refractivity contribution is 9.10. The van der Waals surface area contributed by atoms with E-state index in [1.165, 1.54) is 0 Å². The van der Waals surface area contributed by atoms with Crippen molar-refractivity contribution < 1.29 is 9.59 Å². The van der Waals surface area contributed by atoms with Gasteiger partial charge in [0.15, 0.2) is 0 Å². The predicted octanol–water partition coefficient (Wildman–Crippen LogP) is 2.77. The van der Waals surface area contributed by atoms with Crippen LogP contribution in [0.15, 0.2) is 59.3 Å². The number of fused-ring (bicyclic) bond motifs is 1. The Balaban J connectivity index is 1.42. The molecule has 4 rings (SSSR count). The predicted molar refractivity (Wildman–Crippen MR) is 102 cm³/mol. The number of pyridine rings is 1. The second-order valence-electron chi connectivity index (χ2n) is 6.30. The van der Waals surface area contributed by atoms with E-state index in [4.69, 9.17) is 0 Å². The molecule has 1 saturated heterocycles. The molecule has 7 heteroatoms. The molecule has 3 aromatic rings. The van der Waals surface area contributed by atoms with Crippen LogP contribution in [0.3, 0.4) is 0 Å². The number of nitrogens with zero attached hydrogens (tertiary/aromatic N) is 3. The highest BCUT2D eigenvalue weighted by atomic mass is 79.9. The minimum Gasteiger partial charge on any atom is -0.352 e. The number of halogens is 1. The van der Waals surface area contributed by atoms with E-state index in [1.807, 2.05) is 48.7 Å². The molecule has 0 aliphatic carbocycles. The van der Waals surface area contributed by atoms with Crippen LogP contribution >= 0.6 is 15.9 Å². The van der Waals surface area contributed by atoms with E-state index in [0.717, 1.165) is 21.2 Å². The molecular formula is C19H17BrN4O2. The molecule has 1 N–H and O–H groups in total. The third kappa shape index (κ3) is 3.22. The Morgan fingerprint density at radius 3 is 3.00 bits per heavy atom. The smallest absolute Gasteiger partial charge is 0.227 e. The van der Waals surface area contributed by atoms with E-state index in [1.54, 1.807) is 15.6 Å². The van der Waals surface area contributed by atoms with Crippen molar-refractivity contribution in [2.24, 2.45) is 5.92 Å². The van der Waals surface area contributed by atoms with Crippen molar-refractivity contribution in [1.29, 1.82) is 0 Å². The zero-order valence-electron chi connectivity index (χ0n) is 13.9. The number of amides is 2. The third-order valence-corrected chi connectivity index (χ3v) is 5.07. The Labute approximate surface area is 158 Å². The third-order valence-electron chi connectivity index (χ3n) is 4.58. The van der Waals surface area contributed by atoms with Crippen LogP contribution in [-0.4, -0.2) is 28.0 Å². The molecule has 26 heavy (non-hydrogen) atoms. The zero-order valence-corrected chi connectivity index (χ0v) is 15.5. The normalized spacial score (nSPS) is 17.0. The second-order valence-corrected chi connectivity index (χ2v) is 7.22. The van der Waals surface area contributed by atoms with Crippen LogP contribution < -0.4 is 10.2 Å². The monoisotopic (exact) mass is 412 g/mol. The maximum absolute atomic E-state index is 12.5. The molecule has 1 aliphatic rings. The maximum Gasteiger partial charge on any atom is 0.227 e. The average Bonchev–Trinajstić information content (AvgIpc) is 3.23. The zero-order chi connectivity index (χ0) is 18.1. The molecule has 1 aromatic carbocycles. The summed E-state index contributed by atoms with van der Waals surface area (Å²) in [6, 6.07) is 13.4. The minimum absolute atomic E-state index is 0.0285. The van der Waals surface area contributed by atoms with Gasteiger partial charge in [-0.3, -0.25) is 9.59 Å². The molecule has 1 unspecified atom stereocenters. The first-order chi connectivity index (χ1) is 12.6. The van der Waals surface area contributed by atoms with E-state index in [2.05, 4.69) is 26.3 Å². The molecule has 0 radical (unpaired) electrons. The van der Waals surface area contributed by atoms with E-state index >= 15 is 0 Å². The fourth-order valence-corrected chi connectivity index (χ4v) is 3.61. The number of anilines is 1. The summed E-state index contributed by atoms with van der Waals surface area (Å²) in [5.74, 6) is -0.478. The molecule has 2 amide bonds. The van der Waals surface area contributed by atoms with Crippen molar-refractivity contribution in [2.45, 2.75) is 13.0 Å². The van der Waals surface area contributed by atoms with Gasteiger partial charge in [-0.25, -0.2) is 4.52 Å². The first-order valence-electron chi connectivity index (χ1n) is 8.37. The molecule has 0 bridgehead atoms. The second kappa shape index (κ2) is 6.92. The van der Waals surface area contributed by atoms with Crippen LogP contribution in [0.5, 0.6) is 0 Å². The molecule has 132 valence electrons. The molecule has 0 spiro atoms. The summed E-state index contributed by atoms with van der Waals surface area (Å²) < 4.78 is 2.68. The van der Waals surface area contributed by atoms with Crippen molar-refractivity contribution in [3.8, 4) is 0 Å². The summed E-state index contributed by atoms with van der Waals surface area (Å²) >= 11 is 3.41. The number of carbonyl (C=O) groups excluding carboxylic acids is 2.